The number of benzene rings is 4. The highest BCUT2D eigenvalue weighted by molar-refractivity contribution is 6.11. The van der Waals surface area contributed by atoms with Crippen LogP contribution in [0.3, 0.4) is 0 Å². The summed E-state index contributed by atoms with van der Waals surface area (Å²) < 4.78 is 0. The minimum Gasteiger partial charge on any atom is -0.258 e. The lowest BCUT2D eigenvalue weighted by atomic mass is 9.77. The van der Waals surface area contributed by atoms with Crippen LogP contribution in [0, 0.1) is 10.1 Å². The molecule has 0 atom stereocenters. The Kier molecular flexibility index (Phi) is 4.07. The molecule has 0 N–H and O–H groups in total. The first-order chi connectivity index (χ1) is 14.5. The van der Waals surface area contributed by atoms with Gasteiger partial charge in [0, 0.05) is 17.5 Å². The first kappa shape index (κ1) is 18.3. The van der Waals surface area contributed by atoms with Gasteiger partial charge in [-0.05, 0) is 56.3 Å². The standard InChI is InChI=1S/C27H21NO2/c1-27(2)24-13-6-5-11-23(24)25(19-14-16-20(17-15-19)28(29)30)26(27)22-12-7-9-18-8-3-4-10-21(18)22/h3-17H,1-2H3. The molecule has 3 heteroatoms. The Balaban J connectivity index is 1.86. The molecule has 0 aromatic heterocycles. The first-order valence-corrected chi connectivity index (χ1v) is 10.1. The van der Waals surface area contributed by atoms with E-state index in [-0.39, 0.29) is 16.0 Å². The molecule has 0 fully saturated rings. The fourth-order valence-electron chi connectivity index (χ4n) is 4.79. The van der Waals surface area contributed by atoms with Crippen molar-refractivity contribution in [3.8, 4) is 0 Å². The van der Waals surface area contributed by atoms with Crippen LogP contribution >= 0.6 is 0 Å². The quantitative estimate of drug-likeness (QED) is 0.279. The molecule has 0 unspecified atom stereocenters. The van der Waals surface area contributed by atoms with E-state index in [9.17, 15) is 10.1 Å². The average Bonchev–Trinajstić information content (AvgIpc) is 3.00. The van der Waals surface area contributed by atoms with E-state index in [1.807, 2.05) is 12.1 Å². The van der Waals surface area contributed by atoms with Gasteiger partial charge in [0.2, 0.25) is 0 Å². The van der Waals surface area contributed by atoms with Gasteiger partial charge in [0.1, 0.15) is 0 Å². The van der Waals surface area contributed by atoms with Gasteiger partial charge in [0.05, 0.1) is 4.92 Å². The monoisotopic (exact) mass is 391 g/mol. The summed E-state index contributed by atoms with van der Waals surface area (Å²) in [5.41, 5.74) is 7.01. The van der Waals surface area contributed by atoms with Crippen LogP contribution in [0.5, 0.6) is 0 Å². The highest BCUT2D eigenvalue weighted by atomic mass is 16.6. The molecule has 0 spiro atoms. The molecule has 0 bridgehead atoms. The maximum Gasteiger partial charge on any atom is 0.269 e. The normalized spacial score (nSPS) is 14.7. The molecule has 1 aliphatic rings. The Morgan fingerprint density at radius 2 is 1.37 bits per heavy atom. The number of nitrogens with zero attached hydrogens (tertiary/aromatic N) is 1. The van der Waals surface area contributed by atoms with Crippen molar-refractivity contribution in [1.82, 2.24) is 0 Å². The number of rotatable bonds is 3. The predicted octanol–water partition coefficient (Wildman–Crippen LogP) is 7.00. The number of allylic oxidation sites excluding steroid dienone is 1. The van der Waals surface area contributed by atoms with Crippen LogP contribution in [-0.2, 0) is 5.41 Å². The molecule has 0 saturated heterocycles. The Labute approximate surface area is 175 Å². The van der Waals surface area contributed by atoms with E-state index in [1.165, 1.54) is 33.0 Å². The zero-order chi connectivity index (χ0) is 20.9. The maximum absolute atomic E-state index is 11.2. The topological polar surface area (TPSA) is 43.1 Å². The van der Waals surface area contributed by atoms with Gasteiger partial charge < -0.3 is 0 Å². The fraction of sp³-hybridized carbons (Fsp3) is 0.111. The van der Waals surface area contributed by atoms with Crippen molar-refractivity contribution in [3.05, 3.63) is 123 Å². The maximum atomic E-state index is 11.2. The second kappa shape index (κ2) is 6.67. The Morgan fingerprint density at radius 3 is 2.13 bits per heavy atom. The van der Waals surface area contributed by atoms with Gasteiger partial charge in [-0.15, -0.1) is 0 Å². The number of nitro benzene ring substituents is 1. The second-order valence-electron chi connectivity index (χ2n) is 8.25. The highest BCUT2D eigenvalue weighted by Gasteiger charge is 2.39. The minimum absolute atomic E-state index is 0.108. The lowest BCUT2D eigenvalue weighted by Crippen LogP contribution is -2.16. The largest absolute Gasteiger partial charge is 0.269 e. The molecule has 4 aromatic carbocycles. The SMILES string of the molecule is CC1(C)C(c2cccc3ccccc23)=C(c2ccc([N+](=O)[O-])cc2)c2ccccc21. The van der Waals surface area contributed by atoms with E-state index in [4.69, 9.17) is 0 Å². The number of hydrogen-bond acceptors (Lipinski definition) is 2. The molecule has 30 heavy (non-hydrogen) atoms. The van der Waals surface area contributed by atoms with E-state index >= 15 is 0 Å². The van der Waals surface area contributed by atoms with Crippen molar-refractivity contribution >= 4 is 27.6 Å². The summed E-state index contributed by atoms with van der Waals surface area (Å²) in [4.78, 5) is 10.8. The third-order valence-electron chi connectivity index (χ3n) is 6.17. The zero-order valence-corrected chi connectivity index (χ0v) is 16.9. The number of fused-ring (bicyclic) bond motifs is 2. The summed E-state index contributed by atoms with van der Waals surface area (Å²) >= 11 is 0. The molecule has 5 rings (SSSR count). The van der Waals surface area contributed by atoms with Gasteiger partial charge in [-0.3, -0.25) is 10.1 Å². The molecule has 0 aliphatic heterocycles. The summed E-state index contributed by atoms with van der Waals surface area (Å²) in [5.74, 6) is 0. The second-order valence-corrected chi connectivity index (χ2v) is 8.25. The summed E-state index contributed by atoms with van der Waals surface area (Å²) in [6.45, 7) is 4.53. The first-order valence-electron chi connectivity index (χ1n) is 10.1. The summed E-state index contributed by atoms with van der Waals surface area (Å²) in [6.07, 6.45) is 0. The van der Waals surface area contributed by atoms with Crippen LogP contribution in [0.4, 0.5) is 5.69 Å². The van der Waals surface area contributed by atoms with E-state index in [1.54, 1.807) is 12.1 Å². The van der Waals surface area contributed by atoms with Crippen LogP contribution < -0.4 is 0 Å². The molecule has 3 nitrogen and oxygen atoms in total. The van der Waals surface area contributed by atoms with Gasteiger partial charge >= 0.3 is 0 Å². The Bertz CT molecular complexity index is 1330. The summed E-state index contributed by atoms with van der Waals surface area (Å²) in [5, 5.41) is 13.6. The fourth-order valence-corrected chi connectivity index (χ4v) is 4.79. The van der Waals surface area contributed by atoms with Gasteiger partial charge in [-0.1, -0.05) is 80.6 Å². The number of non-ortho nitro benzene ring substituents is 1. The lowest BCUT2D eigenvalue weighted by Gasteiger charge is -2.26. The van der Waals surface area contributed by atoms with E-state index in [0.717, 1.165) is 11.1 Å². The lowest BCUT2D eigenvalue weighted by molar-refractivity contribution is -0.384. The van der Waals surface area contributed by atoms with Gasteiger partial charge in [-0.25, -0.2) is 0 Å². The smallest absolute Gasteiger partial charge is 0.258 e. The van der Waals surface area contributed by atoms with Crippen LogP contribution in [-0.4, -0.2) is 4.92 Å². The average molecular weight is 391 g/mol. The van der Waals surface area contributed by atoms with Gasteiger partial charge in [0.15, 0.2) is 0 Å². The summed E-state index contributed by atoms with van der Waals surface area (Å²) in [6, 6.07) is 30.3. The Hall–Kier alpha value is -3.72. The molecule has 1 aliphatic carbocycles. The van der Waals surface area contributed by atoms with Crippen molar-refractivity contribution in [3.63, 3.8) is 0 Å². The van der Waals surface area contributed by atoms with Crippen molar-refractivity contribution in [2.45, 2.75) is 19.3 Å². The van der Waals surface area contributed by atoms with Gasteiger partial charge in [0.25, 0.3) is 5.69 Å². The van der Waals surface area contributed by atoms with Crippen LogP contribution in [0.1, 0.15) is 36.1 Å². The third-order valence-corrected chi connectivity index (χ3v) is 6.17. The number of hydrogen-bond donors (Lipinski definition) is 0. The van der Waals surface area contributed by atoms with Crippen molar-refractivity contribution in [1.29, 1.82) is 0 Å². The molecule has 0 heterocycles. The Morgan fingerprint density at radius 1 is 0.733 bits per heavy atom. The summed E-state index contributed by atoms with van der Waals surface area (Å²) in [7, 11) is 0. The van der Waals surface area contributed by atoms with Crippen LogP contribution in [0.25, 0.3) is 21.9 Å². The molecular weight excluding hydrogens is 370 g/mol. The van der Waals surface area contributed by atoms with Crippen molar-refractivity contribution < 1.29 is 4.92 Å². The molecule has 0 amide bonds. The van der Waals surface area contributed by atoms with Gasteiger partial charge in [-0.2, -0.15) is 0 Å². The highest BCUT2D eigenvalue weighted by Crippen LogP contribution is 2.53. The van der Waals surface area contributed by atoms with E-state index in [2.05, 4.69) is 80.6 Å². The zero-order valence-electron chi connectivity index (χ0n) is 16.9. The third kappa shape index (κ3) is 2.66. The molecule has 0 saturated carbocycles. The predicted molar refractivity (Wildman–Crippen MR) is 122 cm³/mol. The molecule has 0 radical (unpaired) electrons. The van der Waals surface area contributed by atoms with Crippen molar-refractivity contribution in [2.75, 3.05) is 0 Å². The molecule has 146 valence electrons. The van der Waals surface area contributed by atoms with Crippen molar-refractivity contribution in [2.24, 2.45) is 0 Å². The van der Waals surface area contributed by atoms with E-state index in [0.29, 0.717) is 0 Å². The minimum atomic E-state index is -0.351. The van der Waals surface area contributed by atoms with E-state index < -0.39 is 0 Å². The molecular formula is C27H21NO2. The number of nitro groups is 1. The molecule has 4 aromatic rings. The van der Waals surface area contributed by atoms with Crippen LogP contribution in [0.2, 0.25) is 0 Å². The van der Waals surface area contributed by atoms with Crippen LogP contribution in [0.15, 0.2) is 91.0 Å².